The maximum atomic E-state index is 12.6. The molecule has 0 aliphatic heterocycles. The van der Waals surface area contributed by atoms with E-state index in [1.54, 1.807) is 18.2 Å². The number of phenols is 2. The molecule has 2 aromatic carbocycles. The number of ether oxygens (including phenoxy) is 1. The Morgan fingerprint density at radius 3 is 2.17 bits per heavy atom. The molecule has 0 atom stereocenters. The second-order valence-corrected chi connectivity index (χ2v) is 7.24. The number of hydrogen-bond donors (Lipinski definition) is 2. The zero-order chi connectivity index (χ0) is 22.1. The standard InChI is InChI=1S/C26H30O4/c1-5-7-9-20-17-21(10-8-6-2)26(30-18(3)4)23(25(20)29)15-16-24(28)19-11-13-22(27)14-12-19/h5-8,11-18,27,29H,9-10H2,1-4H3/b7-5+,8-6+,16-15+. The van der Waals surface area contributed by atoms with Crippen molar-refractivity contribution >= 4 is 11.9 Å². The van der Waals surface area contributed by atoms with Crippen LogP contribution in [-0.4, -0.2) is 22.1 Å². The van der Waals surface area contributed by atoms with Crippen molar-refractivity contribution in [3.8, 4) is 17.2 Å². The molecule has 0 bridgehead atoms. The molecule has 0 aliphatic rings. The van der Waals surface area contributed by atoms with Gasteiger partial charge in [-0.25, -0.2) is 0 Å². The molecule has 2 aromatic rings. The number of carbonyl (C=O) groups excluding carboxylic acids is 1. The predicted octanol–water partition coefficient (Wildman–Crippen LogP) is 6.02. The average Bonchev–Trinajstić information content (AvgIpc) is 2.72. The number of carbonyl (C=O) groups is 1. The molecule has 0 radical (unpaired) electrons. The second kappa shape index (κ2) is 11.1. The molecular formula is C26H30O4. The fourth-order valence-electron chi connectivity index (χ4n) is 3.01. The maximum Gasteiger partial charge on any atom is 0.185 e. The van der Waals surface area contributed by atoms with Crippen molar-refractivity contribution in [1.29, 1.82) is 0 Å². The summed E-state index contributed by atoms with van der Waals surface area (Å²) < 4.78 is 6.06. The molecule has 158 valence electrons. The molecular weight excluding hydrogens is 376 g/mol. The highest BCUT2D eigenvalue weighted by Crippen LogP contribution is 2.38. The summed E-state index contributed by atoms with van der Waals surface area (Å²) in [5.74, 6) is 0.576. The summed E-state index contributed by atoms with van der Waals surface area (Å²) in [5.41, 5.74) is 2.68. The van der Waals surface area contributed by atoms with Gasteiger partial charge in [-0.05, 0) is 94.1 Å². The Labute approximate surface area is 178 Å². The highest BCUT2D eigenvalue weighted by molar-refractivity contribution is 6.07. The summed E-state index contributed by atoms with van der Waals surface area (Å²) in [6.45, 7) is 7.75. The van der Waals surface area contributed by atoms with Crippen LogP contribution in [0, 0.1) is 0 Å². The van der Waals surface area contributed by atoms with Crippen LogP contribution in [0.25, 0.3) is 6.08 Å². The summed E-state index contributed by atoms with van der Waals surface area (Å²) >= 11 is 0. The Kier molecular flexibility index (Phi) is 8.48. The SMILES string of the molecule is C/C=C/Cc1cc(C/C=C/C)c(OC(C)C)c(/C=C/C(=O)c2ccc(O)cc2)c1O. The average molecular weight is 407 g/mol. The van der Waals surface area contributed by atoms with E-state index in [1.807, 2.05) is 58.1 Å². The van der Waals surface area contributed by atoms with Gasteiger partial charge < -0.3 is 14.9 Å². The third-order valence-electron chi connectivity index (χ3n) is 4.50. The lowest BCUT2D eigenvalue weighted by Gasteiger charge is -2.19. The minimum atomic E-state index is -0.223. The van der Waals surface area contributed by atoms with E-state index in [-0.39, 0.29) is 23.4 Å². The van der Waals surface area contributed by atoms with E-state index in [0.717, 1.165) is 11.1 Å². The van der Waals surface area contributed by atoms with Gasteiger partial charge in [0.1, 0.15) is 17.2 Å². The molecule has 0 amide bonds. The first-order chi connectivity index (χ1) is 14.4. The first kappa shape index (κ1) is 23.0. The topological polar surface area (TPSA) is 66.8 Å². The number of hydrogen-bond acceptors (Lipinski definition) is 4. The zero-order valence-electron chi connectivity index (χ0n) is 18.1. The number of phenolic OH excluding ortho intramolecular Hbond substituents is 2. The minimum absolute atomic E-state index is 0.0879. The van der Waals surface area contributed by atoms with Crippen LogP contribution < -0.4 is 4.74 Å². The van der Waals surface area contributed by atoms with Gasteiger partial charge >= 0.3 is 0 Å². The molecule has 0 aliphatic carbocycles. The summed E-state index contributed by atoms with van der Waals surface area (Å²) in [6, 6.07) is 8.03. The van der Waals surface area contributed by atoms with Gasteiger partial charge in [-0.1, -0.05) is 24.3 Å². The molecule has 4 nitrogen and oxygen atoms in total. The van der Waals surface area contributed by atoms with E-state index < -0.39 is 0 Å². The molecule has 0 saturated heterocycles. The van der Waals surface area contributed by atoms with E-state index in [9.17, 15) is 15.0 Å². The summed E-state index contributed by atoms with van der Waals surface area (Å²) in [5, 5.41) is 20.4. The Bertz CT molecular complexity index is 948. The molecule has 0 unspecified atom stereocenters. The number of ketones is 1. The fourth-order valence-corrected chi connectivity index (χ4v) is 3.01. The van der Waals surface area contributed by atoms with Gasteiger partial charge in [0.15, 0.2) is 5.78 Å². The van der Waals surface area contributed by atoms with Crippen LogP contribution in [0.3, 0.4) is 0 Å². The fraction of sp³-hybridized carbons (Fsp3) is 0.269. The summed E-state index contributed by atoms with van der Waals surface area (Å²) in [4.78, 5) is 12.6. The molecule has 2 N–H and O–H groups in total. The van der Waals surface area contributed by atoms with E-state index in [4.69, 9.17) is 4.74 Å². The number of benzene rings is 2. The molecule has 0 aromatic heterocycles. The number of aromatic hydroxyl groups is 2. The molecule has 2 rings (SSSR count). The molecule has 0 saturated carbocycles. The summed E-state index contributed by atoms with van der Waals surface area (Å²) in [6.07, 6.45) is 12.1. The van der Waals surface area contributed by atoms with E-state index in [1.165, 1.54) is 18.2 Å². The van der Waals surface area contributed by atoms with Crippen molar-refractivity contribution in [2.24, 2.45) is 0 Å². The van der Waals surface area contributed by atoms with Gasteiger partial charge in [-0.3, -0.25) is 4.79 Å². The Morgan fingerprint density at radius 1 is 1.00 bits per heavy atom. The van der Waals surface area contributed by atoms with Gasteiger partial charge in [0.2, 0.25) is 0 Å². The van der Waals surface area contributed by atoms with Gasteiger partial charge in [0, 0.05) is 5.56 Å². The smallest absolute Gasteiger partial charge is 0.185 e. The van der Waals surface area contributed by atoms with E-state index in [2.05, 4.69) is 0 Å². The van der Waals surface area contributed by atoms with Crippen LogP contribution in [0.4, 0.5) is 0 Å². The quantitative estimate of drug-likeness (QED) is 0.304. The van der Waals surface area contributed by atoms with Gasteiger partial charge in [0.25, 0.3) is 0 Å². The molecule has 0 fully saturated rings. The van der Waals surface area contributed by atoms with Crippen LogP contribution >= 0.6 is 0 Å². The first-order valence-corrected chi connectivity index (χ1v) is 10.2. The first-order valence-electron chi connectivity index (χ1n) is 10.2. The zero-order valence-corrected chi connectivity index (χ0v) is 18.1. The Balaban J connectivity index is 2.56. The monoisotopic (exact) mass is 406 g/mol. The second-order valence-electron chi connectivity index (χ2n) is 7.24. The molecule has 4 heteroatoms. The van der Waals surface area contributed by atoms with Gasteiger partial charge in [-0.2, -0.15) is 0 Å². The third-order valence-corrected chi connectivity index (χ3v) is 4.50. The van der Waals surface area contributed by atoms with Crippen LogP contribution in [0.15, 0.2) is 60.7 Å². The number of rotatable bonds is 9. The Hall–Kier alpha value is -3.27. The van der Waals surface area contributed by atoms with E-state index in [0.29, 0.717) is 29.7 Å². The summed E-state index contributed by atoms with van der Waals surface area (Å²) in [7, 11) is 0. The molecule has 0 heterocycles. The van der Waals surface area contributed by atoms with Crippen molar-refractivity contribution in [3.63, 3.8) is 0 Å². The van der Waals surface area contributed by atoms with Crippen molar-refractivity contribution in [3.05, 3.63) is 83.0 Å². The molecule has 0 spiro atoms. The van der Waals surface area contributed by atoms with Crippen molar-refractivity contribution in [1.82, 2.24) is 0 Å². The highest BCUT2D eigenvalue weighted by atomic mass is 16.5. The highest BCUT2D eigenvalue weighted by Gasteiger charge is 2.18. The lowest BCUT2D eigenvalue weighted by molar-refractivity contribution is 0.104. The predicted molar refractivity (Wildman–Crippen MR) is 122 cm³/mol. The third kappa shape index (κ3) is 6.11. The van der Waals surface area contributed by atoms with Crippen LogP contribution in [-0.2, 0) is 12.8 Å². The van der Waals surface area contributed by atoms with Crippen LogP contribution in [0.5, 0.6) is 17.2 Å². The van der Waals surface area contributed by atoms with Crippen molar-refractivity contribution in [2.45, 2.75) is 46.6 Å². The number of allylic oxidation sites excluding steroid dienone is 5. The Morgan fingerprint density at radius 2 is 1.60 bits per heavy atom. The van der Waals surface area contributed by atoms with Crippen LogP contribution in [0.2, 0.25) is 0 Å². The lowest BCUT2D eigenvalue weighted by Crippen LogP contribution is -2.10. The van der Waals surface area contributed by atoms with Gasteiger partial charge in [0.05, 0.1) is 11.7 Å². The lowest BCUT2D eigenvalue weighted by atomic mass is 9.97. The maximum absolute atomic E-state index is 12.6. The van der Waals surface area contributed by atoms with Crippen molar-refractivity contribution < 1.29 is 19.7 Å². The minimum Gasteiger partial charge on any atom is -0.508 e. The van der Waals surface area contributed by atoms with Gasteiger partial charge in [-0.15, -0.1) is 0 Å². The largest absolute Gasteiger partial charge is 0.508 e. The van der Waals surface area contributed by atoms with Crippen LogP contribution in [0.1, 0.15) is 54.7 Å². The molecule has 30 heavy (non-hydrogen) atoms. The van der Waals surface area contributed by atoms with E-state index >= 15 is 0 Å². The van der Waals surface area contributed by atoms with Crippen molar-refractivity contribution in [2.75, 3.05) is 0 Å². The normalized spacial score (nSPS) is 11.9.